The highest BCUT2D eigenvalue weighted by molar-refractivity contribution is 7.98. The third-order valence-corrected chi connectivity index (χ3v) is 9.61. The summed E-state index contributed by atoms with van der Waals surface area (Å²) in [5.74, 6) is -0.0927. The van der Waals surface area contributed by atoms with E-state index in [9.17, 15) is 19.5 Å². The van der Waals surface area contributed by atoms with Gasteiger partial charge in [-0.3, -0.25) is 9.78 Å². The van der Waals surface area contributed by atoms with Gasteiger partial charge in [0.1, 0.15) is 6.04 Å². The van der Waals surface area contributed by atoms with Crippen LogP contribution in [0.1, 0.15) is 67.4 Å². The van der Waals surface area contributed by atoms with E-state index in [-0.39, 0.29) is 11.9 Å². The van der Waals surface area contributed by atoms with Gasteiger partial charge in [-0.05, 0) is 60.8 Å². The summed E-state index contributed by atoms with van der Waals surface area (Å²) in [5.41, 5.74) is 5.09. The first-order valence-corrected chi connectivity index (χ1v) is 16.9. The fraction of sp³-hybridized carbons (Fsp3) is 0.548. The van der Waals surface area contributed by atoms with E-state index in [1.54, 1.807) is 28.6 Å². The number of carbonyl (C=O) groups excluding carboxylic acids is 2. The number of urea groups is 1. The number of carboxylic acids is 1. The Hall–Kier alpha value is -2.85. The Balaban J connectivity index is 1.57. The number of carbonyl (C=O) groups is 3. The topological polar surface area (TPSA) is 103 Å². The molecular formula is C31H42N4O4S2. The third-order valence-electron chi connectivity index (χ3n) is 8.21. The van der Waals surface area contributed by atoms with Crippen LogP contribution in [0, 0.1) is 12.8 Å². The van der Waals surface area contributed by atoms with Crippen molar-refractivity contribution in [2.45, 2.75) is 70.9 Å². The zero-order valence-corrected chi connectivity index (χ0v) is 25.8. The zero-order valence-electron chi connectivity index (χ0n) is 24.1. The van der Waals surface area contributed by atoms with Gasteiger partial charge in [0.05, 0.1) is 12.1 Å². The summed E-state index contributed by atoms with van der Waals surface area (Å²) in [6.07, 6.45) is 11.8. The zero-order chi connectivity index (χ0) is 29.2. The van der Waals surface area contributed by atoms with Crippen molar-refractivity contribution in [1.82, 2.24) is 20.1 Å². The summed E-state index contributed by atoms with van der Waals surface area (Å²) in [4.78, 5) is 48.5. The van der Waals surface area contributed by atoms with Crippen molar-refractivity contribution in [2.75, 3.05) is 31.6 Å². The van der Waals surface area contributed by atoms with Crippen LogP contribution in [-0.4, -0.2) is 75.5 Å². The van der Waals surface area contributed by atoms with Crippen LogP contribution in [0.15, 0.2) is 41.5 Å². The van der Waals surface area contributed by atoms with Crippen LogP contribution in [0.2, 0.25) is 0 Å². The van der Waals surface area contributed by atoms with Gasteiger partial charge >= 0.3 is 12.0 Å². The maximum atomic E-state index is 14.1. The fourth-order valence-electron chi connectivity index (χ4n) is 5.84. The van der Waals surface area contributed by atoms with E-state index in [1.165, 1.54) is 32.1 Å². The summed E-state index contributed by atoms with van der Waals surface area (Å²) in [6, 6.07) is 6.89. The van der Waals surface area contributed by atoms with Crippen molar-refractivity contribution in [3.8, 4) is 0 Å². The Morgan fingerprint density at radius 2 is 2.00 bits per heavy atom. The monoisotopic (exact) mass is 598 g/mol. The molecule has 1 aliphatic carbocycles. The molecule has 2 heterocycles. The molecular weight excluding hydrogens is 556 g/mol. The van der Waals surface area contributed by atoms with Gasteiger partial charge in [-0.2, -0.15) is 11.8 Å². The minimum absolute atomic E-state index is 0.0249. The van der Waals surface area contributed by atoms with E-state index in [0.29, 0.717) is 56.3 Å². The number of amides is 3. The molecule has 0 unspecified atom stereocenters. The maximum absolute atomic E-state index is 14.1. The highest BCUT2D eigenvalue weighted by atomic mass is 32.2. The molecule has 8 nitrogen and oxygen atoms in total. The fourth-order valence-corrected chi connectivity index (χ4v) is 6.92. The second-order valence-corrected chi connectivity index (χ2v) is 13.0. The molecule has 10 heteroatoms. The lowest BCUT2D eigenvalue weighted by atomic mass is 9.87. The molecule has 1 fully saturated rings. The molecule has 222 valence electrons. The number of hydrogen-bond acceptors (Lipinski definition) is 6. The summed E-state index contributed by atoms with van der Waals surface area (Å²) in [5, 5.41) is 12.5. The summed E-state index contributed by atoms with van der Waals surface area (Å²) in [6.45, 7) is 3.93. The number of rotatable bonds is 12. The molecule has 41 heavy (non-hydrogen) atoms. The van der Waals surface area contributed by atoms with Crippen molar-refractivity contribution in [2.24, 2.45) is 5.92 Å². The van der Waals surface area contributed by atoms with Gasteiger partial charge in [-0.25, -0.2) is 9.59 Å². The molecule has 1 aromatic carbocycles. The van der Waals surface area contributed by atoms with Crippen molar-refractivity contribution in [1.29, 1.82) is 0 Å². The van der Waals surface area contributed by atoms with Crippen LogP contribution >= 0.6 is 23.1 Å². The Kier molecular flexibility index (Phi) is 11.7. The minimum Gasteiger partial charge on any atom is -0.480 e. The molecule has 1 saturated carbocycles. The standard InChI is InChI=1S/C31H42N4O4S2/c1-22-8-6-7-11-25(22)27-20-35(16-13-26(27)29(36)33-28(30(37)38)14-17-40-2)31(39)34(19-24-18-32-21-41-24)15-12-23-9-4-3-5-10-23/h6-8,11,18,21,23,28H,3-5,9-10,12-17,19-20H2,1-2H3,(H,33,36)(H,37,38)/t28-/m0/s1. The largest absolute Gasteiger partial charge is 0.480 e. The van der Waals surface area contributed by atoms with Crippen molar-refractivity contribution < 1.29 is 19.5 Å². The van der Waals surface area contributed by atoms with E-state index < -0.39 is 12.0 Å². The summed E-state index contributed by atoms with van der Waals surface area (Å²) < 4.78 is 0. The van der Waals surface area contributed by atoms with Crippen LogP contribution in [0.25, 0.3) is 5.57 Å². The lowest BCUT2D eigenvalue weighted by Gasteiger charge is -2.36. The highest BCUT2D eigenvalue weighted by Crippen LogP contribution is 2.31. The van der Waals surface area contributed by atoms with Gasteiger partial charge in [0.15, 0.2) is 0 Å². The second kappa shape index (κ2) is 15.4. The third kappa shape index (κ3) is 8.58. The molecule has 0 spiro atoms. The van der Waals surface area contributed by atoms with E-state index in [0.717, 1.165) is 28.0 Å². The number of carboxylic acid groups (broad SMARTS) is 1. The van der Waals surface area contributed by atoms with Gasteiger partial charge < -0.3 is 20.2 Å². The van der Waals surface area contributed by atoms with Gasteiger partial charge in [-0.1, -0.05) is 56.4 Å². The summed E-state index contributed by atoms with van der Waals surface area (Å²) >= 11 is 3.11. The van der Waals surface area contributed by atoms with Gasteiger partial charge in [0.2, 0.25) is 5.91 Å². The molecule has 1 aliphatic heterocycles. The number of thioether (sulfide) groups is 1. The molecule has 0 radical (unpaired) electrons. The molecule has 0 bridgehead atoms. The lowest BCUT2D eigenvalue weighted by Crippen LogP contribution is -2.48. The molecule has 1 atom stereocenters. The number of aliphatic carboxylic acids is 1. The smallest absolute Gasteiger partial charge is 0.326 e. The molecule has 0 saturated heterocycles. The van der Waals surface area contributed by atoms with Crippen LogP contribution in [0.4, 0.5) is 4.79 Å². The Bertz CT molecular complexity index is 1210. The molecule has 1 aromatic heterocycles. The molecule has 2 aromatic rings. The quantitative estimate of drug-likeness (QED) is 0.319. The van der Waals surface area contributed by atoms with Gasteiger partial charge in [0.25, 0.3) is 0 Å². The van der Waals surface area contributed by atoms with Crippen LogP contribution in [0.5, 0.6) is 0 Å². The number of benzene rings is 1. The van der Waals surface area contributed by atoms with E-state index in [4.69, 9.17) is 0 Å². The van der Waals surface area contributed by atoms with Gasteiger partial charge in [-0.15, -0.1) is 11.3 Å². The average Bonchev–Trinajstić information content (AvgIpc) is 3.50. The Morgan fingerprint density at radius 1 is 1.22 bits per heavy atom. The number of aromatic nitrogens is 1. The van der Waals surface area contributed by atoms with E-state index in [1.807, 2.05) is 53.4 Å². The first kappa shape index (κ1) is 31.1. The predicted octanol–water partition coefficient (Wildman–Crippen LogP) is 5.83. The Morgan fingerprint density at radius 3 is 2.68 bits per heavy atom. The van der Waals surface area contributed by atoms with Crippen molar-refractivity contribution in [3.05, 3.63) is 57.6 Å². The number of aryl methyl sites for hydroxylation is 1. The highest BCUT2D eigenvalue weighted by Gasteiger charge is 2.32. The Labute approximate surface area is 251 Å². The number of nitrogens with one attached hydrogen (secondary N) is 1. The molecule has 3 amide bonds. The first-order valence-electron chi connectivity index (χ1n) is 14.6. The van der Waals surface area contributed by atoms with Gasteiger partial charge in [0, 0.05) is 36.3 Å². The minimum atomic E-state index is -1.03. The van der Waals surface area contributed by atoms with Crippen molar-refractivity contribution >= 4 is 46.6 Å². The predicted molar refractivity (Wildman–Crippen MR) is 166 cm³/mol. The van der Waals surface area contributed by atoms with Crippen LogP contribution in [-0.2, 0) is 16.1 Å². The number of nitrogens with zero attached hydrogens (tertiary/aromatic N) is 3. The lowest BCUT2D eigenvalue weighted by molar-refractivity contribution is -0.141. The van der Waals surface area contributed by atoms with Crippen LogP contribution in [0.3, 0.4) is 0 Å². The number of thiazole rings is 1. The van der Waals surface area contributed by atoms with Crippen molar-refractivity contribution in [3.63, 3.8) is 0 Å². The maximum Gasteiger partial charge on any atom is 0.326 e. The van der Waals surface area contributed by atoms with Crippen LogP contribution < -0.4 is 5.32 Å². The molecule has 4 rings (SSSR count). The van der Waals surface area contributed by atoms with E-state index in [2.05, 4.69) is 10.3 Å². The molecule has 2 aliphatic rings. The average molecular weight is 599 g/mol. The SMILES string of the molecule is CSCC[C@H](NC(=O)C1=C(c2ccccc2C)CN(C(=O)N(CCC2CCCCC2)Cc2cncs2)CC1)C(=O)O. The molecule has 2 N–H and O–H groups in total. The van der Waals surface area contributed by atoms with E-state index >= 15 is 0 Å². The number of hydrogen-bond donors (Lipinski definition) is 2. The second-order valence-electron chi connectivity index (χ2n) is 11.1. The first-order chi connectivity index (χ1) is 19.9. The summed E-state index contributed by atoms with van der Waals surface area (Å²) in [7, 11) is 0. The normalized spacial score (nSPS) is 16.9.